The highest BCUT2D eigenvalue weighted by atomic mass is 16.6. The van der Waals surface area contributed by atoms with Crippen LogP contribution in [0.5, 0.6) is 0 Å². The Morgan fingerprint density at radius 2 is 0.843 bits per heavy atom. The molecule has 1 unspecified atom stereocenters. The second-order valence-electron chi connectivity index (χ2n) is 13.3. The lowest BCUT2D eigenvalue weighted by molar-refractivity contribution is -0.161. The second-order valence-corrected chi connectivity index (χ2v) is 13.3. The zero-order valence-electron chi connectivity index (χ0n) is 32.8. The van der Waals surface area contributed by atoms with Crippen molar-refractivity contribution in [3.63, 3.8) is 0 Å². The van der Waals surface area contributed by atoms with Gasteiger partial charge >= 0.3 is 11.9 Å². The molecule has 1 N–H and O–H groups in total. The van der Waals surface area contributed by atoms with Gasteiger partial charge in [0, 0.05) is 12.8 Å². The van der Waals surface area contributed by atoms with Crippen LogP contribution in [0.2, 0.25) is 0 Å². The summed E-state index contributed by atoms with van der Waals surface area (Å²) in [5.74, 6) is -0.627. The topological polar surface area (TPSA) is 72.8 Å². The van der Waals surface area contributed by atoms with E-state index in [9.17, 15) is 14.7 Å². The van der Waals surface area contributed by atoms with Crippen LogP contribution in [0.25, 0.3) is 0 Å². The molecule has 0 spiro atoms. The van der Waals surface area contributed by atoms with Crippen molar-refractivity contribution >= 4 is 11.9 Å². The number of hydrogen-bond donors (Lipinski definition) is 1. The number of aliphatic hydroxyl groups is 1. The molecule has 0 aliphatic heterocycles. The van der Waals surface area contributed by atoms with Crippen molar-refractivity contribution in [2.24, 2.45) is 0 Å². The van der Waals surface area contributed by atoms with Gasteiger partial charge in [-0.05, 0) is 83.5 Å². The first kappa shape index (κ1) is 48.1. The van der Waals surface area contributed by atoms with Gasteiger partial charge in [0.05, 0.1) is 6.61 Å². The predicted octanol–water partition coefficient (Wildman–Crippen LogP) is 13.1. The van der Waals surface area contributed by atoms with Gasteiger partial charge in [0.15, 0.2) is 6.10 Å². The molecule has 51 heavy (non-hydrogen) atoms. The summed E-state index contributed by atoms with van der Waals surface area (Å²) in [6, 6.07) is 0. The van der Waals surface area contributed by atoms with Crippen molar-refractivity contribution in [2.45, 2.75) is 180 Å². The first-order chi connectivity index (χ1) is 25.1. The third-order valence-electron chi connectivity index (χ3n) is 8.42. The van der Waals surface area contributed by atoms with E-state index in [1.807, 2.05) is 0 Å². The number of unbranched alkanes of at least 4 members (excludes halogenated alkanes) is 14. The number of rotatable bonds is 36. The zero-order valence-corrected chi connectivity index (χ0v) is 32.8. The molecule has 1 atom stereocenters. The number of esters is 2. The summed E-state index contributed by atoms with van der Waals surface area (Å²) in [4.78, 5) is 24.3. The summed E-state index contributed by atoms with van der Waals surface area (Å²) < 4.78 is 10.6. The Labute approximate surface area is 314 Å². The second kappa shape index (κ2) is 41.5. The Balaban J connectivity index is 3.63. The molecule has 5 nitrogen and oxygen atoms in total. The Morgan fingerprint density at radius 3 is 1.27 bits per heavy atom. The van der Waals surface area contributed by atoms with E-state index in [-0.39, 0.29) is 25.2 Å². The third kappa shape index (κ3) is 39.7. The minimum Gasteiger partial charge on any atom is -0.462 e. The smallest absolute Gasteiger partial charge is 0.306 e. The largest absolute Gasteiger partial charge is 0.462 e. The molecule has 0 aromatic carbocycles. The molecule has 0 saturated carbocycles. The van der Waals surface area contributed by atoms with Crippen LogP contribution in [-0.4, -0.2) is 36.4 Å². The van der Waals surface area contributed by atoms with Gasteiger partial charge in [-0.3, -0.25) is 9.59 Å². The van der Waals surface area contributed by atoms with E-state index in [0.717, 1.165) is 89.9 Å². The van der Waals surface area contributed by atoms with Crippen LogP contribution in [0.3, 0.4) is 0 Å². The summed E-state index contributed by atoms with van der Waals surface area (Å²) in [7, 11) is 0. The Bertz CT molecular complexity index is 984. The Morgan fingerprint density at radius 1 is 0.471 bits per heavy atom. The fourth-order valence-corrected chi connectivity index (χ4v) is 5.30. The number of carbonyl (C=O) groups is 2. The van der Waals surface area contributed by atoms with Crippen molar-refractivity contribution in [3.8, 4) is 0 Å². The highest BCUT2D eigenvalue weighted by molar-refractivity contribution is 5.70. The van der Waals surface area contributed by atoms with Crippen molar-refractivity contribution in [3.05, 3.63) is 85.1 Å². The van der Waals surface area contributed by atoms with E-state index in [0.29, 0.717) is 12.8 Å². The predicted molar refractivity (Wildman–Crippen MR) is 219 cm³/mol. The van der Waals surface area contributed by atoms with E-state index in [2.05, 4.69) is 98.9 Å². The Hall–Kier alpha value is -2.92. The molecule has 0 aliphatic carbocycles. The number of hydrogen-bond acceptors (Lipinski definition) is 5. The van der Waals surface area contributed by atoms with Crippen molar-refractivity contribution in [1.29, 1.82) is 0 Å². The number of carbonyl (C=O) groups excluding carboxylic acids is 2. The molecule has 0 fully saturated rings. The highest BCUT2D eigenvalue weighted by Crippen LogP contribution is 2.12. The van der Waals surface area contributed by atoms with Gasteiger partial charge in [0.1, 0.15) is 6.61 Å². The van der Waals surface area contributed by atoms with E-state index < -0.39 is 6.10 Å². The fourth-order valence-electron chi connectivity index (χ4n) is 5.30. The lowest BCUT2D eigenvalue weighted by atomic mass is 10.1. The van der Waals surface area contributed by atoms with Gasteiger partial charge in [-0.15, -0.1) is 0 Å². The minimum absolute atomic E-state index is 0.0825. The molecule has 0 radical (unpaired) electrons. The molecule has 0 amide bonds. The summed E-state index contributed by atoms with van der Waals surface area (Å²) in [6.07, 6.45) is 56.4. The first-order valence-corrected chi connectivity index (χ1v) is 20.6. The maximum Gasteiger partial charge on any atom is 0.306 e. The molecule has 0 heterocycles. The van der Waals surface area contributed by atoms with Gasteiger partial charge in [0.25, 0.3) is 0 Å². The lowest BCUT2D eigenvalue weighted by Gasteiger charge is -2.15. The molecule has 0 bridgehead atoms. The summed E-state index contributed by atoms with van der Waals surface area (Å²) >= 11 is 0. The zero-order chi connectivity index (χ0) is 37.1. The molecule has 0 rings (SSSR count). The molecule has 290 valence electrons. The molecule has 5 heteroatoms. The van der Waals surface area contributed by atoms with Crippen LogP contribution >= 0.6 is 0 Å². The highest BCUT2D eigenvalue weighted by Gasteiger charge is 2.16. The maximum atomic E-state index is 12.2. The molecular formula is C46H76O5. The molecule has 0 aromatic rings. The van der Waals surface area contributed by atoms with E-state index in [1.165, 1.54) is 57.8 Å². The van der Waals surface area contributed by atoms with Crippen LogP contribution in [0, 0.1) is 0 Å². The van der Waals surface area contributed by atoms with Gasteiger partial charge < -0.3 is 14.6 Å². The van der Waals surface area contributed by atoms with Crippen molar-refractivity contribution in [1.82, 2.24) is 0 Å². The van der Waals surface area contributed by atoms with Gasteiger partial charge in [-0.2, -0.15) is 0 Å². The fraction of sp³-hybridized carbons (Fsp3) is 0.652. The first-order valence-electron chi connectivity index (χ1n) is 20.6. The van der Waals surface area contributed by atoms with Gasteiger partial charge in [0.2, 0.25) is 0 Å². The lowest BCUT2D eigenvalue weighted by Crippen LogP contribution is -2.28. The summed E-state index contributed by atoms with van der Waals surface area (Å²) in [5, 5.41) is 9.56. The average molecular weight is 709 g/mol. The molecule has 0 aliphatic rings. The van der Waals surface area contributed by atoms with Crippen molar-refractivity contribution < 1.29 is 24.2 Å². The van der Waals surface area contributed by atoms with Crippen LogP contribution < -0.4 is 0 Å². The Kier molecular flexibility index (Phi) is 39.1. The number of allylic oxidation sites excluding steroid dienone is 14. The van der Waals surface area contributed by atoms with Gasteiger partial charge in [-0.1, -0.05) is 163 Å². The van der Waals surface area contributed by atoms with E-state index in [4.69, 9.17) is 9.47 Å². The maximum absolute atomic E-state index is 12.2. The minimum atomic E-state index is -0.788. The van der Waals surface area contributed by atoms with Crippen molar-refractivity contribution in [2.75, 3.05) is 13.2 Å². The summed E-state index contributed by atoms with van der Waals surface area (Å²) in [6.45, 7) is 3.95. The normalized spacial score (nSPS) is 13.1. The number of aliphatic hydroxyl groups excluding tert-OH is 1. The van der Waals surface area contributed by atoms with Crippen LogP contribution in [0.1, 0.15) is 174 Å². The summed E-state index contributed by atoms with van der Waals surface area (Å²) in [5.41, 5.74) is 0. The average Bonchev–Trinajstić information content (AvgIpc) is 3.13. The van der Waals surface area contributed by atoms with Gasteiger partial charge in [-0.25, -0.2) is 0 Å². The quantitative estimate of drug-likeness (QED) is 0.0398. The SMILES string of the molecule is CC/C=C\C/C=C\C/C=C\C/C=C\C/C=C\CCCCCCCCCC(=O)OC(CO)COC(=O)CCCCCCC/C=C\C/C=C\CCCC. The molecule has 0 saturated heterocycles. The number of ether oxygens (including phenoxy) is 2. The van der Waals surface area contributed by atoms with Crippen LogP contribution in [-0.2, 0) is 19.1 Å². The standard InChI is InChI=1S/C46H76O5/c1-3-5-7-9-11-13-15-17-19-20-21-22-23-24-25-26-27-29-31-33-35-37-39-41-46(49)51-44(42-47)43-50-45(48)40-38-36-34-32-30-28-18-16-14-12-10-8-6-4-2/h5,7,10-13,16-19,21-22,24-25,44,47H,3-4,6,8-9,14-15,20,23,26-43H2,1-2H3/b7-5-,12-10-,13-11-,18-16-,19-17-,22-21-,25-24-. The molecule has 0 aromatic heterocycles. The van der Waals surface area contributed by atoms with E-state index >= 15 is 0 Å². The third-order valence-corrected chi connectivity index (χ3v) is 8.42. The van der Waals surface area contributed by atoms with Crippen LogP contribution in [0.4, 0.5) is 0 Å². The van der Waals surface area contributed by atoms with E-state index in [1.54, 1.807) is 0 Å². The monoisotopic (exact) mass is 709 g/mol. The molecular weight excluding hydrogens is 633 g/mol. The van der Waals surface area contributed by atoms with Crippen LogP contribution in [0.15, 0.2) is 85.1 Å².